The van der Waals surface area contributed by atoms with Crippen LogP contribution in [0.15, 0.2) is 59.6 Å². The van der Waals surface area contributed by atoms with Crippen molar-refractivity contribution >= 4 is 11.9 Å². The minimum absolute atomic E-state index is 0.0286. The van der Waals surface area contributed by atoms with Crippen molar-refractivity contribution in [1.82, 2.24) is 15.5 Å². The van der Waals surface area contributed by atoms with Crippen LogP contribution in [0.4, 0.5) is 0 Å². The van der Waals surface area contributed by atoms with Gasteiger partial charge in [-0.25, -0.2) is 0 Å². The second-order valence-corrected chi connectivity index (χ2v) is 6.65. The van der Waals surface area contributed by atoms with Crippen molar-refractivity contribution in [3.05, 3.63) is 71.3 Å². The molecular weight excluding hydrogens is 336 g/mol. The standard InChI is InChI=1S/C22H28N4O/c1-2-23-22(26-16-13-18-9-6-7-12-20(18)17-26)25-15-8-14-24-21(27)19-10-4-3-5-11-19/h3-7,9-12H,2,8,13-17H2,1H3,(H,23,25)(H,24,27). The second kappa shape index (κ2) is 9.76. The fraction of sp³-hybridized carbons (Fsp3) is 0.364. The monoisotopic (exact) mass is 364 g/mol. The molecule has 0 atom stereocenters. The number of amides is 1. The molecule has 0 aromatic heterocycles. The van der Waals surface area contributed by atoms with E-state index in [0.29, 0.717) is 18.7 Å². The van der Waals surface area contributed by atoms with Gasteiger partial charge in [-0.1, -0.05) is 42.5 Å². The summed E-state index contributed by atoms with van der Waals surface area (Å²) in [4.78, 5) is 19.1. The molecule has 2 N–H and O–H groups in total. The number of guanidine groups is 1. The molecule has 5 nitrogen and oxygen atoms in total. The quantitative estimate of drug-likeness (QED) is 0.471. The topological polar surface area (TPSA) is 56.7 Å². The molecule has 3 rings (SSSR count). The van der Waals surface area contributed by atoms with Gasteiger partial charge in [0.1, 0.15) is 0 Å². The molecule has 5 heteroatoms. The van der Waals surface area contributed by atoms with E-state index in [1.54, 1.807) is 0 Å². The zero-order valence-corrected chi connectivity index (χ0v) is 15.9. The summed E-state index contributed by atoms with van der Waals surface area (Å²) in [5, 5.41) is 6.35. The normalized spacial score (nSPS) is 13.8. The van der Waals surface area contributed by atoms with E-state index < -0.39 is 0 Å². The Morgan fingerprint density at radius 2 is 1.78 bits per heavy atom. The number of rotatable bonds is 6. The van der Waals surface area contributed by atoms with Gasteiger partial charge in [0.15, 0.2) is 5.96 Å². The number of carbonyl (C=O) groups excluding carboxylic acids is 1. The van der Waals surface area contributed by atoms with Crippen molar-refractivity contribution in [2.24, 2.45) is 4.99 Å². The summed E-state index contributed by atoms with van der Waals surface area (Å²) in [5.74, 6) is 0.931. The van der Waals surface area contributed by atoms with Crippen LogP contribution in [0.3, 0.4) is 0 Å². The van der Waals surface area contributed by atoms with Crippen LogP contribution in [0, 0.1) is 0 Å². The van der Waals surface area contributed by atoms with Crippen molar-refractivity contribution < 1.29 is 4.79 Å². The van der Waals surface area contributed by atoms with Crippen LogP contribution in [0.1, 0.15) is 34.8 Å². The SMILES string of the molecule is CCNC(=NCCCNC(=O)c1ccccc1)N1CCc2ccccc2C1. The van der Waals surface area contributed by atoms with E-state index in [1.807, 2.05) is 30.3 Å². The van der Waals surface area contributed by atoms with Crippen LogP contribution in [0.25, 0.3) is 0 Å². The Hall–Kier alpha value is -2.82. The largest absolute Gasteiger partial charge is 0.357 e. The van der Waals surface area contributed by atoms with E-state index in [0.717, 1.165) is 38.4 Å². The molecule has 0 spiro atoms. The van der Waals surface area contributed by atoms with Crippen molar-refractivity contribution in [2.75, 3.05) is 26.2 Å². The number of nitrogens with zero attached hydrogens (tertiary/aromatic N) is 2. The number of hydrogen-bond donors (Lipinski definition) is 2. The van der Waals surface area contributed by atoms with Crippen molar-refractivity contribution in [3.63, 3.8) is 0 Å². The van der Waals surface area contributed by atoms with E-state index in [9.17, 15) is 4.79 Å². The highest BCUT2D eigenvalue weighted by Gasteiger charge is 2.18. The third-order valence-electron chi connectivity index (χ3n) is 4.68. The Morgan fingerprint density at radius 1 is 1.04 bits per heavy atom. The molecule has 2 aromatic carbocycles. The predicted molar refractivity (Wildman–Crippen MR) is 110 cm³/mol. The molecule has 0 aliphatic carbocycles. The number of hydrogen-bond acceptors (Lipinski definition) is 2. The summed E-state index contributed by atoms with van der Waals surface area (Å²) in [7, 11) is 0. The number of carbonyl (C=O) groups is 1. The van der Waals surface area contributed by atoms with Crippen LogP contribution >= 0.6 is 0 Å². The maximum absolute atomic E-state index is 12.0. The molecule has 0 saturated heterocycles. The zero-order chi connectivity index (χ0) is 18.9. The number of benzene rings is 2. The van der Waals surface area contributed by atoms with Gasteiger partial charge < -0.3 is 15.5 Å². The molecule has 27 heavy (non-hydrogen) atoms. The van der Waals surface area contributed by atoms with Crippen LogP contribution in [0.5, 0.6) is 0 Å². The molecule has 0 radical (unpaired) electrons. The first-order valence-corrected chi connectivity index (χ1v) is 9.71. The van der Waals surface area contributed by atoms with E-state index >= 15 is 0 Å². The molecule has 1 heterocycles. The predicted octanol–water partition coefficient (Wildman–Crippen LogP) is 2.83. The lowest BCUT2D eigenvalue weighted by Crippen LogP contribution is -2.44. The zero-order valence-electron chi connectivity index (χ0n) is 15.9. The highest BCUT2D eigenvalue weighted by molar-refractivity contribution is 5.94. The van der Waals surface area contributed by atoms with Gasteiger partial charge in [0.25, 0.3) is 5.91 Å². The number of nitrogens with one attached hydrogen (secondary N) is 2. The third kappa shape index (κ3) is 5.33. The van der Waals surface area contributed by atoms with Gasteiger partial charge >= 0.3 is 0 Å². The Bertz CT molecular complexity index is 773. The van der Waals surface area contributed by atoms with Crippen LogP contribution in [0.2, 0.25) is 0 Å². The van der Waals surface area contributed by atoms with Gasteiger partial charge in [-0.3, -0.25) is 9.79 Å². The summed E-state index contributed by atoms with van der Waals surface area (Å²) in [6.07, 6.45) is 1.87. The Kier molecular flexibility index (Phi) is 6.85. The first-order valence-electron chi connectivity index (χ1n) is 9.71. The first-order chi connectivity index (χ1) is 13.3. The Morgan fingerprint density at radius 3 is 2.56 bits per heavy atom. The molecule has 142 valence electrons. The average Bonchev–Trinajstić information content (AvgIpc) is 2.73. The van der Waals surface area contributed by atoms with Crippen molar-refractivity contribution in [1.29, 1.82) is 0 Å². The lowest BCUT2D eigenvalue weighted by molar-refractivity contribution is 0.0953. The smallest absolute Gasteiger partial charge is 0.251 e. The Balaban J connectivity index is 1.49. The molecule has 0 saturated carbocycles. The minimum Gasteiger partial charge on any atom is -0.357 e. The number of aliphatic imine (C=N–C) groups is 1. The first kappa shape index (κ1) is 19.0. The minimum atomic E-state index is -0.0286. The van der Waals surface area contributed by atoms with Crippen molar-refractivity contribution in [2.45, 2.75) is 26.3 Å². The fourth-order valence-electron chi connectivity index (χ4n) is 3.26. The molecule has 1 aliphatic rings. The fourth-order valence-corrected chi connectivity index (χ4v) is 3.26. The molecule has 2 aromatic rings. The van der Waals surface area contributed by atoms with Crippen LogP contribution in [-0.4, -0.2) is 42.9 Å². The second-order valence-electron chi connectivity index (χ2n) is 6.65. The van der Waals surface area contributed by atoms with Crippen LogP contribution in [-0.2, 0) is 13.0 Å². The van der Waals surface area contributed by atoms with Crippen LogP contribution < -0.4 is 10.6 Å². The highest BCUT2D eigenvalue weighted by Crippen LogP contribution is 2.18. The molecule has 0 unspecified atom stereocenters. The van der Waals surface area contributed by atoms with Gasteiger partial charge in [0.05, 0.1) is 0 Å². The van der Waals surface area contributed by atoms with E-state index in [1.165, 1.54) is 11.1 Å². The maximum atomic E-state index is 12.0. The van der Waals surface area contributed by atoms with Crippen molar-refractivity contribution in [3.8, 4) is 0 Å². The summed E-state index contributed by atoms with van der Waals surface area (Å²) in [6.45, 7) is 6.13. The van der Waals surface area contributed by atoms with E-state index in [2.05, 4.69) is 46.7 Å². The maximum Gasteiger partial charge on any atom is 0.251 e. The highest BCUT2D eigenvalue weighted by atomic mass is 16.1. The Labute approximate surface area is 161 Å². The van der Waals surface area contributed by atoms with Gasteiger partial charge in [-0.2, -0.15) is 0 Å². The molecule has 0 fully saturated rings. The molecule has 1 amide bonds. The van der Waals surface area contributed by atoms with Gasteiger partial charge in [-0.15, -0.1) is 0 Å². The van der Waals surface area contributed by atoms with Gasteiger partial charge in [-0.05, 0) is 43.0 Å². The third-order valence-corrected chi connectivity index (χ3v) is 4.68. The lowest BCUT2D eigenvalue weighted by Gasteiger charge is -2.31. The molecular formula is C22H28N4O. The average molecular weight is 364 g/mol. The van der Waals surface area contributed by atoms with Gasteiger partial charge in [0, 0.05) is 38.3 Å². The number of fused-ring (bicyclic) bond motifs is 1. The summed E-state index contributed by atoms with van der Waals surface area (Å²) < 4.78 is 0. The summed E-state index contributed by atoms with van der Waals surface area (Å²) in [5.41, 5.74) is 3.51. The molecule has 1 aliphatic heterocycles. The lowest BCUT2D eigenvalue weighted by atomic mass is 10.0. The van der Waals surface area contributed by atoms with Gasteiger partial charge in [0.2, 0.25) is 0 Å². The summed E-state index contributed by atoms with van der Waals surface area (Å²) in [6, 6.07) is 17.9. The van der Waals surface area contributed by atoms with E-state index in [-0.39, 0.29) is 5.91 Å². The van der Waals surface area contributed by atoms with E-state index in [4.69, 9.17) is 4.99 Å². The molecule has 0 bridgehead atoms. The summed E-state index contributed by atoms with van der Waals surface area (Å²) >= 11 is 0.